The van der Waals surface area contributed by atoms with Crippen molar-refractivity contribution in [3.05, 3.63) is 23.8 Å². The summed E-state index contributed by atoms with van der Waals surface area (Å²) in [5.74, 6) is 0.879. The maximum atomic E-state index is 12.3. The molecule has 1 amide bonds. The fraction of sp³-hybridized carbons (Fsp3) is 0.533. The van der Waals surface area contributed by atoms with Crippen LogP contribution in [0.25, 0.3) is 0 Å². The first-order valence-electron chi connectivity index (χ1n) is 6.77. The largest absolute Gasteiger partial charge is 0.487 e. The van der Waals surface area contributed by atoms with Crippen LogP contribution in [-0.2, 0) is 9.53 Å². The van der Waals surface area contributed by atoms with Crippen LogP contribution >= 0.6 is 0 Å². The predicted octanol–water partition coefficient (Wildman–Crippen LogP) is 2.54. The number of ether oxygens (including phenoxy) is 2. The third kappa shape index (κ3) is 3.26. The molecule has 2 rings (SSSR count). The molecule has 0 N–H and O–H groups in total. The second-order valence-corrected chi connectivity index (χ2v) is 4.85. The molecule has 4 heteroatoms. The number of benzene rings is 1. The van der Waals surface area contributed by atoms with Gasteiger partial charge in [-0.3, -0.25) is 4.79 Å². The first kappa shape index (κ1) is 13.9. The molecule has 0 radical (unpaired) electrons. The number of nitrogens with zero attached hydrogens (tertiary/aromatic N) is 1. The van der Waals surface area contributed by atoms with E-state index in [1.165, 1.54) is 0 Å². The van der Waals surface area contributed by atoms with Gasteiger partial charge in [0, 0.05) is 6.61 Å². The van der Waals surface area contributed by atoms with Crippen molar-refractivity contribution in [1.82, 2.24) is 0 Å². The van der Waals surface area contributed by atoms with Crippen LogP contribution in [0.5, 0.6) is 5.75 Å². The van der Waals surface area contributed by atoms with Gasteiger partial charge >= 0.3 is 0 Å². The summed E-state index contributed by atoms with van der Waals surface area (Å²) in [6.07, 6.45) is 0.430. The summed E-state index contributed by atoms with van der Waals surface area (Å²) < 4.78 is 11.0. The Hall–Kier alpha value is -1.55. The van der Waals surface area contributed by atoms with E-state index in [0.29, 0.717) is 26.2 Å². The van der Waals surface area contributed by atoms with E-state index in [1.807, 2.05) is 43.9 Å². The molecule has 19 heavy (non-hydrogen) atoms. The molecule has 1 heterocycles. The SMILES string of the molecule is CCOCCC(=O)N1C[C@H](C)Oc2ccc(C)cc21. The second kappa shape index (κ2) is 6.06. The highest BCUT2D eigenvalue weighted by molar-refractivity contribution is 5.95. The van der Waals surface area contributed by atoms with Crippen LogP contribution in [-0.4, -0.2) is 31.8 Å². The number of anilines is 1. The molecule has 1 aliphatic rings. The predicted molar refractivity (Wildman–Crippen MR) is 74.7 cm³/mol. The molecule has 0 saturated heterocycles. The van der Waals surface area contributed by atoms with Crippen molar-refractivity contribution < 1.29 is 14.3 Å². The highest BCUT2D eigenvalue weighted by atomic mass is 16.5. The van der Waals surface area contributed by atoms with Crippen molar-refractivity contribution in [2.24, 2.45) is 0 Å². The molecule has 1 aromatic rings. The average Bonchev–Trinajstić information content (AvgIpc) is 2.38. The van der Waals surface area contributed by atoms with Crippen molar-refractivity contribution in [3.8, 4) is 5.75 Å². The minimum absolute atomic E-state index is 0.0197. The van der Waals surface area contributed by atoms with Gasteiger partial charge in [-0.1, -0.05) is 6.07 Å². The monoisotopic (exact) mass is 263 g/mol. The third-order valence-corrected chi connectivity index (χ3v) is 3.14. The Labute approximate surface area is 114 Å². The minimum Gasteiger partial charge on any atom is -0.487 e. The standard InChI is InChI=1S/C15H21NO3/c1-4-18-8-7-15(17)16-10-12(3)19-14-6-5-11(2)9-13(14)16/h5-6,9,12H,4,7-8,10H2,1-3H3/t12-/m0/s1. The van der Waals surface area contributed by atoms with Gasteiger partial charge in [0.2, 0.25) is 5.91 Å². The summed E-state index contributed by atoms with van der Waals surface area (Å²) in [4.78, 5) is 14.1. The van der Waals surface area contributed by atoms with E-state index in [2.05, 4.69) is 0 Å². The Morgan fingerprint density at radius 2 is 2.32 bits per heavy atom. The summed E-state index contributed by atoms with van der Waals surface area (Å²) in [6.45, 7) is 7.64. The van der Waals surface area contributed by atoms with Gasteiger partial charge in [0.05, 0.1) is 25.3 Å². The maximum absolute atomic E-state index is 12.3. The molecule has 0 fully saturated rings. The Kier molecular flexibility index (Phi) is 4.43. The lowest BCUT2D eigenvalue weighted by Crippen LogP contribution is -2.42. The van der Waals surface area contributed by atoms with E-state index in [-0.39, 0.29) is 12.0 Å². The van der Waals surface area contributed by atoms with Crippen molar-refractivity contribution in [1.29, 1.82) is 0 Å². The molecule has 0 aliphatic carbocycles. The summed E-state index contributed by atoms with van der Waals surface area (Å²) >= 11 is 0. The molecule has 104 valence electrons. The number of rotatable bonds is 4. The number of carbonyl (C=O) groups excluding carboxylic acids is 1. The van der Waals surface area contributed by atoms with Gasteiger partial charge in [0.15, 0.2) is 0 Å². The van der Waals surface area contributed by atoms with E-state index in [4.69, 9.17) is 9.47 Å². The normalized spacial score (nSPS) is 17.8. The Bertz CT molecular complexity index is 459. The van der Waals surface area contributed by atoms with Gasteiger partial charge in [-0.05, 0) is 38.5 Å². The van der Waals surface area contributed by atoms with Crippen LogP contribution in [0.15, 0.2) is 18.2 Å². The zero-order valence-electron chi connectivity index (χ0n) is 11.8. The number of amides is 1. The first-order valence-corrected chi connectivity index (χ1v) is 6.77. The zero-order valence-corrected chi connectivity index (χ0v) is 11.8. The van der Waals surface area contributed by atoms with Crippen molar-refractivity contribution >= 4 is 11.6 Å². The Morgan fingerprint density at radius 1 is 1.53 bits per heavy atom. The first-order chi connectivity index (χ1) is 9.11. The summed E-state index contributed by atoms with van der Waals surface area (Å²) in [5.41, 5.74) is 2.00. The van der Waals surface area contributed by atoms with E-state index >= 15 is 0 Å². The van der Waals surface area contributed by atoms with Crippen LogP contribution in [0.1, 0.15) is 25.8 Å². The summed E-state index contributed by atoms with van der Waals surface area (Å²) in [7, 11) is 0. The van der Waals surface area contributed by atoms with Crippen molar-refractivity contribution in [2.45, 2.75) is 33.3 Å². The molecule has 1 aromatic carbocycles. The van der Waals surface area contributed by atoms with Crippen LogP contribution in [0.2, 0.25) is 0 Å². The molecular weight excluding hydrogens is 242 g/mol. The lowest BCUT2D eigenvalue weighted by atomic mass is 10.1. The van der Waals surface area contributed by atoms with Crippen molar-refractivity contribution in [3.63, 3.8) is 0 Å². The summed E-state index contributed by atoms with van der Waals surface area (Å²) in [6, 6.07) is 5.93. The molecule has 0 aromatic heterocycles. The molecule has 1 aliphatic heterocycles. The van der Waals surface area contributed by atoms with Gasteiger partial charge in [-0.15, -0.1) is 0 Å². The summed E-state index contributed by atoms with van der Waals surface area (Å²) in [5, 5.41) is 0. The number of hydrogen-bond donors (Lipinski definition) is 0. The van der Waals surface area contributed by atoms with Gasteiger partial charge < -0.3 is 14.4 Å². The van der Waals surface area contributed by atoms with Crippen LogP contribution < -0.4 is 9.64 Å². The average molecular weight is 263 g/mol. The molecule has 4 nitrogen and oxygen atoms in total. The van der Waals surface area contributed by atoms with Gasteiger partial charge in [-0.2, -0.15) is 0 Å². The van der Waals surface area contributed by atoms with E-state index in [9.17, 15) is 4.79 Å². The van der Waals surface area contributed by atoms with Gasteiger partial charge in [-0.25, -0.2) is 0 Å². The Morgan fingerprint density at radius 3 is 3.05 bits per heavy atom. The number of carbonyl (C=O) groups is 1. The topological polar surface area (TPSA) is 38.8 Å². The molecule has 0 unspecified atom stereocenters. The van der Waals surface area contributed by atoms with Gasteiger partial charge in [0.1, 0.15) is 11.9 Å². The molecule has 1 atom stereocenters. The lowest BCUT2D eigenvalue weighted by molar-refractivity contribution is -0.120. The van der Waals surface area contributed by atoms with Crippen LogP contribution in [0.4, 0.5) is 5.69 Å². The third-order valence-electron chi connectivity index (χ3n) is 3.14. The second-order valence-electron chi connectivity index (χ2n) is 4.85. The quantitative estimate of drug-likeness (QED) is 0.784. The van der Waals surface area contributed by atoms with E-state index < -0.39 is 0 Å². The zero-order chi connectivity index (χ0) is 13.8. The molecule has 0 bridgehead atoms. The number of fused-ring (bicyclic) bond motifs is 1. The van der Waals surface area contributed by atoms with E-state index in [1.54, 1.807) is 0 Å². The Balaban J connectivity index is 2.17. The molecular formula is C15H21NO3. The molecule has 0 saturated carbocycles. The fourth-order valence-corrected chi connectivity index (χ4v) is 2.22. The van der Waals surface area contributed by atoms with Crippen LogP contribution in [0.3, 0.4) is 0 Å². The highest BCUT2D eigenvalue weighted by Gasteiger charge is 2.27. The minimum atomic E-state index is 0.0197. The smallest absolute Gasteiger partial charge is 0.229 e. The number of aryl methyl sites for hydroxylation is 1. The number of hydrogen-bond acceptors (Lipinski definition) is 3. The van der Waals surface area contributed by atoms with E-state index in [0.717, 1.165) is 17.0 Å². The lowest BCUT2D eigenvalue weighted by Gasteiger charge is -2.33. The fourth-order valence-electron chi connectivity index (χ4n) is 2.22. The van der Waals surface area contributed by atoms with Gasteiger partial charge in [0.25, 0.3) is 0 Å². The van der Waals surface area contributed by atoms with Crippen molar-refractivity contribution in [2.75, 3.05) is 24.7 Å². The molecule has 0 spiro atoms. The maximum Gasteiger partial charge on any atom is 0.229 e. The van der Waals surface area contributed by atoms with Crippen LogP contribution in [0, 0.1) is 6.92 Å². The highest BCUT2D eigenvalue weighted by Crippen LogP contribution is 2.34.